The molecule has 130 valence electrons. The minimum absolute atomic E-state index is 0.178. The van der Waals surface area contributed by atoms with Crippen LogP contribution in [0.25, 0.3) is 0 Å². The average molecular weight is 336 g/mol. The lowest BCUT2D eigenvalue weighted by Crippen LogP contribution is -2.43. The largest absolute Gasteiger partial charge is 0.480 e. The highest BCUT2D eigenvalue weighted by Gasteiger charge is 2.27. The zero-order chi connectivity index (χ0) is 17.7. The van der Waals surface area contributed by atoms with Crippen molar-refractivity contribution in [3.05, 3.63) is 35.6 Å². The standard InChI is InChI=1S/C17H21FN2O4/c1-12(21)20(11-16(22)23)15-3-2-9-19(10-8-15)17(24)13-4-6-14(18)7-5-13/h4-7,15H,2-3,8-11H2,1H3,(H,22,23). The summed E-state index contributed by atoms with van der Waals surface area (Å²) in [5.41, 5.74) is 0.420. The van der Waals surface area contributed by atoms with E-state index in [4.69, 9.17) is 5.11 Å². The Morgan fingerprint density at radius 1 is 1.21 bits per heavy atom. The van der Waals surface area contributed by atoms with Gasteiger partial charge in [0.1, 0.15) is 12.4 Å². The van der Waals surface area contributed by atoms with Crippen molar-refractivity contribution in [2.24, 2.45) is 0 Å². The number of aliphatic carboxylic acids is 1. The number of hydrogen-bond acceptors (Lipinski definition) is 3. The molecule has 6 nitrogen and oxygen atoms in total. The Hall–Kier alpha value is -2.44. The summed E-state index contributed by atoms with van der Waals surface area (Å²) in [6.45, 7) is 2.00. The van der Waals surface area contributed by atoms with E-state index in [9.17, 15) is 18.8 Å². The molecule has 7 heteroatoms. The molecule has 0 spiro atoms. The number of carbonyl (C=O) groups is 3. The average Bonchev–Trinajstić information content (AvgIpc) is 2.78. The number of carboxylic acid groups (broad SMARTS) is 1. The van der Waals surface area contributed by atoms with Crippen LogP contribution in [0.15, 0.2) is 24.3 Å². The van der Waals surface area contributed by atoms with Crippen LogP contribution in [0.3, 0.4) is 0 Å². The Morgan fingerprint density at radius 2 is 1.88 bits per heavy atom. The summed E-state index contributed by atoms with van der Waals surface area (Å²) >= 11 is 0. The molecule has 1 N–H and O–H groups in total. The van der Waals surface area contributed by atoms with E-state index in [2.05, 4.69) is 0 Å². The summed E-state index contributed by atoms with van der Waals surface area (Å²) in [4.78, 5) is 38.2. The minimum atomic E-state index is -1.05. The Bertz CT molecular complexity index is 618. The highest BCUT2D eigenvalue weighted by Crippen LogP contribution is 2.19. The third-order valence-corrected chi connectivity index (χ3v) is 4.23. The van der Waals surface area contributed by atoms with Gasteiger partial charge in [-0.2, -0.15) is 0 Å². The molecule has 24 heavy (non-hydrogen) atoms. The van der Waals surface area contributed by atoms with Gasteiger partial charge in [-0.25, -0.2) is 4.39 Å². The van der Waals surface area contributed by atoms with Gasteiger partial charge in [0.25, 0.3) is 5.91 Å². The van der Waals surface area contributed by atoms with Gasteiger partial charge >= 0.3 is 5.97 Å². The van der Waals surface area contributed by atoms with Crippen LogP contribution in [0.4, 0.5) is 4.39 Å². The van der Waals surface area contributed by atoms with Crippen molar-refractivity contribution in [1.82, 2.24) is 9.80 Å². The van der Waals surface area contributed by atoms with Crippen molar-refractivity contribution in [1.29, 1.82) is 0 Å². The van der Waals surface area contributed by atoms with Crippen molar-refractivity contribution in [2.45, 2.75) is 32.2 Å². The molecule has 1 heterocycles. The molecule has 1 atom stereocenters. The Kier molecular flexibility index (Phi) is 5.89. The van der Waals surface area contributed by atoms with Gasteiger partial charge < -0.3 is 14.9 Å². The molecule has 1 unspecified atom stereocenters. The van der Waals surface area contributed by atoms with E-state index in [1.54, 1.807) is 4.90 Å². The third-order valence-electron chi connectivity index (χ3n) is 4.23. The van der Waals surface area contributed by atoms with Gasteiger partial charge in [-0.1, -0.05) is 0 Å². The number of likely N-dealkylation sites (tertiary alicyclic amines) is 1. The Morgan fingerprint density at radius 3 is 2.46 bits per heavy atom. The lowest BCUT2D eigenvalue weighted by molar-refractivity contribution is -0.145. The molecule has 0 radical (unpaired) electrons. The van der Waals surface area contributed by atoms with Gasteiger partial charge in [0, 0.05) is 31.6 Å². The van der Waals surface area contributed by atoms with E-state index in [0.29, 0.717) is 37.9 Å². The second kappa shape index (κ2) is 7.90. The predicted octanol–water partition coefficient (Wildman–Crippen LogP) is 1.75. The first-order valence-electron chi connectivity index (χ1n) is 7.92. The number of benzene rings is 1. The van der Waals surface area contributed by atoms with E-state index >= 15 is 0 Å². The number of rotatable bonds is 4. The normalized spacial score (nSPS) is 17.9. The molecule has 1 saturated heterocycles. The van der Waals surface area contributed by atoms with Gasteiger partial charge in [-0.3, -0.25) is 14.4 Å². The number of carbonyl (C=O) groups excluding carboxylic acids is 2. The Balaban J connectivity index is 2.03. The first kappa shape index (κ1) is 17.9. The highest BCUT2D eigenvalue weighted by atomic mass is 19.1. The second-order valence-electron chi connectivity index (χ2n) is 5.92. The summed E-state index contributed by atoms with van der Waals surface area (Å²) in [5, 5.41) is 8.96. The molecule has 0 bridgehead atoms. The molecule has 0 aromatic heterocycles. The molecule has 1 aliphatic rings. The molecular weight excluding hydrogens is 315 g/mol. The SMILES string of the molecule is CC(=O)N(CC(=O)O)C1CCCN(C(=O)c2ccc(F)cc2)CC1. The van der Waals surface area contributed by atoms with Gasteiger partial charge in [0.2, 0.25) is 5.91 Å². The first-order valence-corrected chi connectivity index (χ1v) is 7.92. The molecular formula is C17H21FN2O4. The van der Waals surface area contributed by atoms with Crippen molar-refractivity contribution < 1.29 is 23.9 Å². The molecule has 0 saturated carbocycles. The van der Waals surface area contributed by atoms with Crippen LogP contribution in [0.1, 0.15) is 36.5 Å². The van der Waals surface area contributed by atoms with Crippen LogP contribution in [0, 0.1) is 5.82 Å². The van der Waals surface area contributed by atoms with Crippen molar-refractivity contribution in [2.75, 3.05) is 19.6 Å². The lowest BCUT2D eigenvalue weighted by Gasteiger charge is -2.28. The van der Waals surface area contributed by atoms with Gasteiger partial charge in [0.05, 0.1) is 0 Å². The van der Waals surface area contributed by atoms with Gasteiger partial charge in [0.15, 0.2) is 0 Å². The van der Waals surface area contributed by atoms with Crippen LogP contribution < -0.4 is 0 Å². The fraction of sp³-hybridized carbons (Fsp3) is 0.471. The second-order valence-corrected chi connectivity index (χ2v) is 5.92. The third kappa shape index (κ3) is 4.53. The fourth-order valence-corrected chi connectivity index (χ4v) is 3.01. The summed E-state index contributed by atoms with van der Waals surface area (Å²) in [6.07, 6.45) is 1.86. The fourth-order valence-electron chi connectivity index (χ4n) is 3.01. The van der Waals surface area contributed by atoms with Crippen LogP contribution in [0.2, 0.25) is 0 Å². The van der Waals surface area contributed by atoms with Crippen LogP contribution in [-0.4, -0.2) is 58.4 Å². The molecule has 1 aromatic carbocycles. The maximum Gasteiger partial charge on any atom is 0.323 e. The number of hydrogen-bond donors (Lipinski definition) is 1. The van der Waals surface area contributed by atoms with Crippen LogP contribution >= 0.6 is 0 Å². The maximum atomic E-state index is 13.0. The number of carboxylic acids is 1. The van der Waals surface area contributed by atoms with Gasteiger partial charge in [-0.15, -0.1) is 0 Å². The topological polar surface area (TPSA) is 77.9 Å². The summed E-state index contributed by atoms with van der Waals surface area (Å²) < 4.78 is 13.0. The zero-order valence-corrected chi connectivity index (χ0v) is 13.6. The molecule has 1 aliphatic heterocycles. The van der Waals surface area contributed by atoms with E-state index in [1.807, 2.05) is 0 Å². The zero-order valence-electron chi connectivity index (χ0n) is 13.6. The number of halogens is 1. The number of amides is 2. The molecule has 1 fully saturated rings. The van der Waals surface area contributed by atoms with E-state index in [-0.39, 0.29) is 24.4 Å². The monoisotopic (exact) mass is 336 g/mol. The Labute approximate surface area is 139 Å². The minimum Gasteiger partial charge on any atom is -0.480 e. The maximum absolute atomic E-state index is 13.0. The molecule has 0 aliphatic carbocycles. The van der Waals surface area contributed by atoms with Crippen LogP contribution in [0.5, 0.6) is 0 Å². The number of nitrogens with zero attached hydrogens (tertiary/aromatic N) is 2. The van der Waals surface area contributed by atoms with Gasteiger partial charge in [-0.05, 0) is 43.5 Å². The van der Waals surface area contributed by atoms with E-state index in [1.165, 1.54) is 36.1 Å². The van der Waals surface area contributed by atoms with Crippen molar-refractivity contribution >= 4 is 17.8 Å². The molecule has 1 aromatic rings. The molecule has 2 rings (SSSR count). The van der Waals surface area contributed by atoms with Crippen molar-refractivity contribution in [3.8, 4) is 0 Å². The van der Waals surface area contributed by atoms with E-state index < -0.39 is 11.8 Å². The van der Waals surface area contributed by atoms with Crippen LogP contribution in [-0.2, 0) is 9.59 Å². The van der Waals surface area contributed by atoms with Crippen molar-refractivity contribution in [3.63, 3.8) is 0 Å². The lowest BCUT2D eigenvalue weighted by atomic mass is 10.1. The quantitative estimate of drug-likeness (QED) is 0.909. The summed E-state index contributed by atoms with van der Waals surface area (Å²) in [7, 11) is 0. The highest BCUT2D eigenvalue weighted by molar-refractivity contribution is 5.94. The van der Waals surface area contributed by atoms with E-state index in [0.717, 1.165) is 0 Å². The summed E-state index contributed by atoms with van der Waals surface area (Å²) in [6, 6.07) is 5.21. The molecule has 2 amide bonds. The predicted molar refractivity (Wildman–Crippen MR) is 85.0 cm³/mol. The first-order chi connectivity index (χ1) is 11.4. The summed E-state index contributed by atoms with van der Waals surface area (Å²) in [5.74, 6) is -1.90. The smallest absolute Gasteiger partial charge is 0.323 e.